The summed E-state index contributed by atoms with van der Waals surface area (Å²) in [5.41, 5.74) is 1.51. The predicted molar refractivity (Wildman–Crippen MR) is 86.7 cm³/mol. The smallest absolute Gasteiger partial charge is 0.163 e. The largest absolute Gasteiger partial charge is 0.486 e. The summed E-state index contributed by atoms with van der Waals surface area (Å²) >= 11 is 1.86. The molecular formula is C16H20N2O2S. The van der Waals surface area contributed by atoms with E-state index in [0.29, 0.717) is 18.6 Å². The standard InChI is InChI=1S/C16H20N2O2S/c1-2-6-16(5-1)10-17-15(21-11-16)18-12-3-4-13-14(9-12)20-8-7-19-13/h3-4,9H,1-2,5-8,10-11H2,(H,17,18). The molecule has 5 heteroatoms. The number of nitrogens with zero attached hydrogens (tertiary/aromatic N) is 1. The van der Waals surface area contributed by atoms with Crippen molar-refractivity contribution in [1.29, 1.82) is 0 Å². The van der Waals surface area contributed by atoms with Gasteiger partial charge in [-0.15, -0.1) is 0 Å². The van der Waals surface area contributed by atoms with Gasteiger partial charge in [0.15, 0.2) is 16.7 Å². The highest BCUT2D eigenvalue weighted by Gasteiger charge is 2.36. The van der Waals surface area contributed by atoms with Gasteiger partial charge in [-0.25, -0.2) is 0 Å². The lowest BCUT2D eigenvalue weighted by Crippen LogP contribution is -2.30. The first-order valence-corrected chi connectivity index (χ1v) is 8.66. The molecule has 0 saturated heterocycles. The van der Waals surface area contributed by atoms with E-state index in [1.54, 1.807) is 0 Å². The number of rotatable bonds is 1. The van der Waals surface area contributed by atoms with Gasteiger partial charge in [0.1, 0.15) is 13.2 Å². The summed E-state index contributed by atoms with van der Waals surface area (Å²) in [4.78, 5) is 4.77. The van der Waals surface area contributed by atoms with Crippen LogP contribution in [0.25, 0.3) is 0 Å². The molecule has 2 heterocycles. The topological polar surface area (TPSA) is 42.9 Å². The van der Waals surface area contributed by atoms with Crippen LogP contribution in [-0.4, -0.2) is 30.7 Å². The maximum absolute atomic E-state index is 5.62. The summed E-state index contributed by atoms with van der Waals surface area (Å²) in [6.07, 6.45) is 5.45. The Morgan fingerprint density at radius 1 is 1.10 bits per heavy atom. The Hall–Kier alpha value is -1.36. The Morgan fingerprint density at radius 2 is 1.90 bits per heavy atom. The average Bonchev–Trinajstić information content (AvgIpc) is 2.98. The zero-order valence-corrected chi connectivity index (χ0v) is 12.9. The molecule has 0 atom stereocenters. The Bertz CT molecular complexity index is 567. The van der Waals surface area contributed by atoms with Crippen molar-refractivity contribution in [2.75, 3.05) is 30.8 Å². The van der Waals surface area contributed by atoms with Crippen molar-refractivity contribution in [1.82, 2.24) is 0 Å². The first-order chi connectivity index (χ1) is 10.3. The zero-order chi connectivity index (χ0) is 14.1. The summed E-state index contributed by atoms with van der Waals surface area (Å²) in [6, 6.07) is 5.98. The number of ether oxygens (including phenoxy) is 2. The molecule has 1 saturated carbocycles. The van der Waals surface area contributed by atoms with E-state index < -0.39 is 0 Å². The fourth-order valence-electron chi connectivity index (χ4n) is 3.30. The summed E-state index contributed by atoms with van der Waals surface area (Å²) < 4.78 is 11.2. The average molecular weight is 304 g/mol. The normalized spacial score (nSPS) is 23.0. The van der Waals surface area contributed by atoms with Crippen LogP contribution in [0.15, 0.2) is 23.2 Å². The minimum atomic E-state index is 0.489. The van der Waals surface area contributed by atoms with E-state index in [2.05, 4.69) is 5.32 Å². The quantitative estimate of drug-likeness (QED) is 0.862. The van der Waals surface area contributed by atoms with Crippen molar-refractivity contribution in [2.24, 2.45) is 10.4 Å². The lowest BCUT2D eigenvalue weighted by molar-refractivity contribution is 0.171. The number of benzene rings is 1. The van der Waals surface area contributed by atoms with Gasteiger partial charge in [0.05, 0.1) is 0 Å². The lowest BCUT2D eigenvalue weighted by atomic mass is 9.89. The van der Waals surface area contributed by atoms with Crippen molar-refractivity contribution < 1.29 is 9.47 Å². The molecule has 3 aliphatic rings. The zero-order valence-electron chi connectivity index (χ0n) is 12.1. The van der Waals surface area contributed by atoms with Crippen LogP contribution in [0.5, 0.6) is 11.5 Å². The van der Waals surface area contributed by atoms with Gasteiger partial charge in [-0.05, 0) is 30.4 Å². The number of anilines is 1. The molecule has 4 nitrogen and oxygen atoms in total. The van der Waals surface area contributed by atoms with Crippen LogP contribution in [0, 0.1) is 5.41 Å². The molecule has 1 N–H and O–H groups in total. The predicted octanol–water partition coefficient (Wildman–Crippen LogP) is 3.53. The molecule has 2 aliphatic heterocycles. The molecule has 0 radical (unpaired) electrons. The molecule has 0 amide bonds. The van der Waals surface area contributed by atoms with Gasteiger partial charge in [0, 0.05) is 24.1 Å². The van der Waals surface area contributed by atoms with E-state index in [-0.39, 0.29) is 0 Å². The van der Waals surface area contributed by atoms with Gasteiger partial charge in [0.25, 0.3) is 0 Å². The summed E-state index contributed by atoms with van der Waals surface area (Å²) in [6.45, 7) is 2.23. The van der Waals surface area contributed by atoms with Crippen molar-refractivity contribution in [3.63, 3.8) is 0 Å². The maximum Gasteiger partial charge on any atom is 0.163 e. The molecule has 1 aliphatic carbocycles. The Morgan fingerprint density at radius 3 is 2.67 bits per heavy atom. The number of aliphatic imine (C=N–C) groups is 1. The van der Waals surface area contributed by atoms with Gasteiger partial charge in [-0.3, -0.25) is 4.99 Å². The third-order valence-corrected chi connectivity index (χ3v) is 5.79. The highest BCUT2D eigenvalue weighted by atomic mass is 32.2. The number of nitrogens with one attached hydrogen (secondary N) is 1. The molecule has 1 spiro atoms. The number of fused-ring (bicyclic) bond motifs is 1. The third kappa shape index (κ3) is 2.71. The van der Waals surface area contributed by atoms with Gasteiger partial charge >= 0.3 is 0 Å². The highest BCUT2D eigenvalue weighted by molar-refractivity contribution is 8.14. The number of thioether (sulfide) groups is 1. The minimum Gasteiger partial charge on any atom is -0.486 e. The van der Waals surface area contributed by atoms with Crippen molar-refractivity contribution in [3.8, 4) is 11.5 Å². The monoisotopic (exact) mass is 304 g/mol. The van der Waals surface area contributed by atoms with Crippen LogP contribution in [0.3, 0.4) is 0 Å². The van der Waals surface area contributed by atoms with Crippen LogP contribution < -0.4 is 14.8 Å². The Labute approximate surface area is 129 Å². The minimum absolute atomic E-state index is 0.489. The Kier molecular flexibility index (Phi) is 3.45. The molecule has 0 aromatic heterocycles. The summed E-state index contributed by atoms with van der Waals surface area (Å²) in [5.74, 6) is 2.85. The van der Waals surface area contributed by atoms with Crippen LogP contribution in [0.2, 0.25) is 0 Å². The second-order valence-corrected chi connectivity index (χ2v) is 7.06. The molecule has 1 aromatic carbocycles. The number of hydrogen-bond donors (Lipinski definition) is 1. The van der Waals surface area contributed by atoms with Crippen molar-refractivity contribution in [3.05, 3.63) is 18.2 Å². The fraction of sp³-hybridized carbons (Fsp3) is 0.562. The first kappa shape index (κ1) is 13.3. The molecule has 1 fully saturated rings. The van der Waals surface area contributed by atoms with Crippen molar-refractivity contribution in [2.45, 2.75) is 25.7 Å². The molecule has 4 rings (SSSR count). The van der Waals surface area contributed by atoms with E-state index in [9.17, 15) is 0 Å². The maximum atomic E-state index is 5.62. The molecular weight excluding hydrogens is 284 g/mol. The van der Waals surface area contributed by atoms with E-state index in [0.717, 1.165) is 28.9 Å². The van der Waals surface area contributed by atoms with Crippen molar-refractivity contribution >= 4 is 22.6 Å². The summed E-state index contributed by atoms with van der Waals surface area (Å²) in [5, 5.41) is 4.45. The van der Waals surface area contributed by atoms with Crippen LogP contribution >= 0.6 is 11.8 Å². The van der Waals surface area contributed by atoms with Gasteiger partial charge in [-0.2, -0.15) is 0 Å². The molecule has 21 heavy (non-hydrogen) atoms. The number of amidine groups is 1. The highest BCUT2D eigenvalue weighted by Crippen LogP contribution is 2.43. The first-order valence-electron chi connectivity index (χ1n) is 7.67. The Balaban J connectivity index is 1.45. The van der Waals surface area contributed by atoms with Crippen LogP contribution in [-0.2, 0) is 0 Å². The van der Waals surface area contributed by atoms with Gasteiger partial charge in [-0.1, -0.05) is 24.6 Å². The van der Waals surface area contributed by atoms with E-state index in [1.165, 1.54) is 31.4 Å². The molecule has 112 valence electrons. The molecule has 1 aromatic rings. The van der Waals surface area contributed by atoms with E-state index >= 15 is 0 Å². The van der Waals surface area contributed by atoms with E-state index in [1.807, 2.05) is 30.0 Å². The van der Waals surface area contributed by atoms with Gasteiger partial charge < -0.3 is 14.8 Å². The molecule has 0 unspecified atom stereocenters. The lowest BCUT2D eigenvalue weighted by Gasteiger charge is -2.31. The summed E-state index contributed by atoms with van der Waals surface area (Å²) in [7, 11) is 0. The van der Waals surface area contributed by atoms with E-state index in [4.69, 9.17) is 14.5 Å². The van der Waals surface area contributed by atoms with Crippen LogP contribution in [0.4, 0.5) is 5.69 Å². The van der Waals surface area contributed by atoms with Crippen LogP contribution in [0.1, 0.15) is 25.7 Å². The second-order valence-electron chi connectivity index (χ2n) is 6.10. The fourth-order valence-corrected chi connectivity index (χ4v) is 4.47. The second kappa shape index (κ2) is 5.44. The SMILES string of the molecule is c1cc2c(cc1NC1=NCC3(CCCC3)CS1)OCCO2. The third-order valence-electron chi connectivity index (χ3n) is 4.53. The molecule has 0 bridgehead atoms. The van der Waals surface area contributed by atoms with Gasteiger partial charge in [0.2, 0.25) is 0 Å². The number of hydrogen-bond acceptors (Lipinski definition) is 5.